The van der Waals surface area contributed by atoms with E-state index in [-0.39, 0.29) is 29.7 Å². The third kappa shape index (κ3) is 4.70. The molecule has 3 aromatic heterocycles. The summed E-state index contributed by atoms with van der Waals surface area (Å²) in [6, 6.07) is 7.56. The molecule has 0 bridgehead atoms. The number of alkyl halides is 3. The Bertz CT molecular complexity index is 1440. The Kier molecular flexibility index (Phi) is 6.28. The fourth-order valence-electron chi connectivity index (χ4n) is 5.09. The third-order valence-corrected chi connectivity index (χ3v) is 12.7. The van der Waals surface area contributed by atoms with E-state index >= 15 is 0 Å². The summed E-state index contributed by atoms with van der Waals surface area (Å²) in [5, 5.41) is 11.7. The number of aliphatic hydroxyl groups is 1. The average Bonchev–Trinajstić information content (AvgIpc) is 3.52. The van der Waals surface area contributed by atoms with Crippen LogP contribution in [0, 0.1) is 5.92 Å². The van der Waals surface area contributed by atoms with Crippen LogP contribution in [0.4, 0.5) is 13.2 Å². The molecule has 6 nitrogen and oxygen atoms in total. The fourth-order valence-corrected chi connectivity index (χ4v) is 6.49. The first-order valence-electron chi connectivity index (χ1n) is 12.6. The van der Waals surface area contributed by atoms with Crippen LogP contribution in [0.15, 0.2) is 42.9 Å². The van der Waals surface area contributed by atoms with Crippen LogP contribution < -0.4 is 0 Å². The Hall–Kier alpha value is -2.69. The van der Waals surface area contributed by atoms with Gasteiger partial charge in [-0.3, -0.25) is 0 Å². The van der Waals surface area contributed by atoms with E-state index in [1.807, 2.05) is 18.3 Å². The molecular weight excluding hydrogens is 497 g/mol. The first-order chi connectivity index (χ1) is 17.3. The minimum Gasteiger partial charge on any atom is -0.413 e. The zero-order valence-electron chi connectivity index (χ0n) is 21.7. The number of rotatable bonds is 5. The van der Waals surface area contributed by atoms with Crippen molar-refractivity contribution in [3.63, 3.8) is 0 Å². The fraction of sp³-hybridized carbons (Fsp3) is 0.481. The zero-order chi connectivity index (χ0) is 26.8. The predicted molar refractivity (Wildman–Crippen MR) is 141 cm³/mol. The van der Waals surface area contributed by atoms with Gasteiger partial charge in [-0.2, -0.15) is 13.2 Å². The quantitative estimate of drug-likeness (QED) is 0.274. The molecule has 5 rings (SSSR count). The first kappa shape index (κ1) is 25.9. The molecule has 2 N–H and O–H groups in total. The molecule has 4 aromatic rings. The number of hydrogen-bond acceptors (Lipinski definition) is 4. The lowest BCUT2D eigenvalue weighted by molar-refractivity contribution is -0.137. The van der Waals surface area contributed by atoms with Crippen molar-refractivity contribution in [1.82, 2.24) is 19.5 Å². The number of benzene rings is 1. The van der Waals surface area contributed by atoms with Crippen molar-refractivity contribution in [3.05, 3.63) is 48.4 Å². The lowest BCUT2D eigenvalue weighted by atomic mass is 10.1. The van der Waals surface area contributed by atoms with Gasteiger partial charge in [0.1, 0.15) is 12.0 Å². The number of halogens is 3. The van der Waals surface area contributed by atoms with E-state index in [2.05, 4.69) is 53.4 Å². The Labute approximate surface area is 215 Å². The minimum atomic E-state index is -4.40. The van der Waals surface area contributed by atoms with E-state index in [0.29, 0.717) is 22.3 Å². The number of aliphatic hydroxyl groups excluding tert-OH is 1. The van der Waals surface area contributed by atoms with Gasteiger partial charge in [0.25, 0.3) is 0 Å². The number of fused-ring (bicyclic) bond motifs is 2. The Balaban J connectivity index is 1.47. The molecule has 1 unspecified atom stereocenters. The van der Waals surface area contributed by atoms with Crippen molar-refractivity contribution in [3.8, 4) is 11.4 Å². The second-order valence-corrected chi connectivity index (χ2v) is 16.4. The van der Waals surface area contributed by atoms with Crippen molar-refractivity contribution < 1.29 is 22.7 Å². The van der Waals surface area contributed by atoms with Gasteiger partial charge in [0.2, 0.25) is 0 Å². The van der Waals surface area contributed by atoms with Crippen molar-refractivity contribution in [2.75, 3.05) is 6.61 Å². The molecule has 0 amide bonds. The number of nitrogens with zero attached hydrogens (tertiary/aromatic N) is 3. The molecule has 0 saturated heterocycles. The highest BCUT2D eigenvalue weighted by Crippen LogP contribution is 2.44. The molecule has 3 heterocycles. The molecule has 37 heavy (non-hydrogen) atoms. The molecule has 0 aliphatic heterocycles. The predicted octanol–water partition coefficient (Wildman–Crippen LogP) is 6.93. The van der Waals surface area contributed by atoms with E-state index in [1.165, 1.54) is 12.4 Å². The largest absolute Gasteiger partial charge is 0.416 e. The molecule has 1 aliphatic carbocycles. The second kappa shape index (κ2) is 8.95. The van der Waals surface area contributed by atoms with Crippen LogP contribution in [0.1, 0.15) is 45.2 Å². The molecule has 1 aromatic carbocycles. The van der Waals surface area contributed by atoms with Gasteiger partial charge in [0, 0.05) is 41.1 Å². The molecule has 0 spiro atoms. The van der Waals surface area contributed by atoms with Crippen molar-refractivity contribution in [2.45, 2.75) is 70.1 Å². The van der Waals surface area contributed by atoms with Crippen molar-refractivity contribution in [2.24, 2.45) is 5.92 Å². The van der Waals surface area contributed by atoms with Crippen LogP contribution >= 0.6 is 0 Å². The Morgan fingerprint density at radius 1 is 1.11 bits per heavy atom. The number of aromatic nitrogens is 4. The van der Waals surface area contributed by atoms with Gasteiger partial charge < -0.3 is 19.1 Å². The maximum Gasteiger partial charge on any atom is 0.416 e. The van der Waals surface area contributed by atoms with Gasteiger partial charge in [-0.1, -0.05) is 26.8 Å². The minimum absolute atomic E-state index is 0.0221. The van der Waals surface area contributed by atoms with Gasteiger partial charge >= 0.3 is 6.18 Å². The summed E-state index contributed by atoms with van der Waals surface area (Å²) in [7, 11) is -2.00. The summed E-state index contributed by atoms with van der Waals surface area (Å²) in [5.74, 6) is 0.0504. The van der Waals surface area contributed by atoms with Gasteiger partial charge in [-0.05, 0) is 55.2 Å². The number of nitrogens with one attached hydrogen (secondary N) is 1. The summed E-state index contributed by atoms with van der Waals surface area (Å²) in [5.41, 5.74) is 1.75. The number of H-pyrrole nitrogens is 1. The van der Waals surface area contributed by atoms with E-state index in [0.717, 1.165) is 36.0 Å². The van der Waals surface area contributed by atoms with E-state index in [4.69, 9.17) is 4.43 Å². The lowest BCUT2D eigenvalue weighted by Gasteiger charge is -2.39. The van der Waals surface area contributed by atoms with Crippen LogP contribution in [0.3, 0.4) is 0 Å². The topological polar surface area (TPSA) is 76.0 Å². The van der Waals surface area contributed by atoms with E-state index < -0.39 is 20.1 Å². The maximum absolute atomic E-state index is 13.2. The average molecular weight is 531 g/mol. The first-order valence-corrected chi connectivity index (χ1v) is 15.5. The highest BCUT2D eigenvalue weighted by atomic mass is 28.4. The van der Waals surface area contributed by atoms with Crippen LogP contribution in [-0.2, 0) is 10.6 Å². The number of aromatic amines is 1. The molecule has 10 heteroatoms. The third-order valence-electron chi connectivity index (χ3n) is 8.20. The summed E-state index contributed by atoms with van der Waals surface area (Å²) >= 11 is 0. The number of hydrogen-bond donors (Lipinski definition) is 2. The molecule has 198 valence electrons. The van der Waals surface area contributed by atoms with Gasteiger partial charge in [0.05, 0.1) is 23.1 Å². The van der Waals surface area contributed by atoms with E-state index in [9.17, 15) is 18.3 Å². The Morgan fingerprint density at radius 3 is 2.54 bits per heavy atom. The van der Waals surface area contributed by atoms with Crippen LogP contribution in [-0.4, -0.2) is 45.7 Å². The summed E-state index contributed by atoms with van der Waals surface area (Å²) in [6.07, 6.45) is 0.619. The van der Waals surface area contributed by atoms with Crippen LogP contribution in [0.2, 0.25) is 18.1 Å². The Morgan fingerprint density at radius 2 is 1.86 bits per heavy atom. The lowest BCUT2D eigenvalue weighted by Crippen LogP contribution is -2.45. The maximum atomic E-state index is 13.2. The molecular formula is C27H33F3N4O2Si. The zero-order valence-corrected chi connectivity index (χ0v) is 22.7. The smallest absolute Gasteiger partial charge is 0.413 e. The molecule has 1 fully saturated rings. The van der Waals surface area contributed by atoms with Crippen molar-refractivity contribution in [1.29, 1.82) is 0 Å². The van der Waals surface area contributed by atoms with Crippen LogP contribution in [0.5, 0.6) is 0 Å². The monoisotopic (exact) mass is 530 g/mol. The van der Waals surface area contributed by atoms with E-state index in [1.54, 1.807) is 0 Å². The molecule has 0 radical (unpaired) electrons. The van der Waals surface area contributed by atoms with Gasteiger partial charge in [0.15, 0.2) is 8.32 Å². The standard InChI is InChI=1S/C27H33F3N4O2Si/c1-26(2,3)37(4,5)36-23-13-19(10-17(23)14-35)34-9-8-20-24(31-15-32-25(20)34)22-11-16-6-7-18(27(28,29)30)12-21(16)33-22/h6-9,11-12,15,17,19,23,33,35H,10,13-14H2,1-5H3/t17-,19+,23?/m0/s1. The second-order valence-electron chi connectivity index (χ2n) is 11.6. The normalized spacial score (nSPS) is 21.4. The SMILES string of the molecule is CC(C)(C)[Si](C)(C)OC1C[C@H](n2ccc3c(-c4cc5ccc(C(F)(F)F)cc5[nH]4)ncnc32)C[C@H]1CO. The molecule has 1 saturated carbocycles. The van der Waals surface area contributed by atoms with Gasteiger partial charge in [-0.25, -0.2) is 9.97 Å². The highest BCUT2D eigenvalue weighted by molar-refractivity contribution is 6.74. The summed E-state index contributed by atoms with van der Waals surface area (Å²) < 4.78 is 48.4. The summed E-state index contributed by atoms with van der Waals surface area (Å²) in [4.78, 5) is 12.1. The summed E-state index contributed by atoms with van der Waals surface area (Å²) in [6.45, 7) is 11.2. The molecule has 3 atom stereocenters. The van der Waals surface area contributed by atoms with Crippen LogP contribution in [0.25, 0.3) is 33.3 Å². The van der Waals surface area contributed by atoms with Gasteiger partial charge in [-0.15, -0.1) is 0 Å². The highest BCUT2D eigenvalue weighted by Gasteiger charge is 2.44. The molecule has 1 aliphatic rings. The van der Waals surface area contributed by atoms with Crippen molar-refractivity contribution >= 4 is 30.3 Å².